The van der Waals surface area contributed by atoms with E-state index in [0.717, 1.165) is 19.4 Å². The van der Waals surface area contributed by atoms with Crippen molar-refractivity contribution < 1.29 is 14.6 Å². The fourth-order valence-corrected chi connectivity index (χ4v) is 1.64. The first-order valence-electron chi connectivity index (χ1n) is 3.81. The zero-order chi connectivity index (χ0) is 6.97. The number of fused-ring (bicyclic) bond motifs is 1. The molecule has 0 aromatic rings. The molecule has 0 aliphatic carbocycles. The summed E-state index contributed by atoms with van der Waals surface area (Å²) in [4.78, 5) is 0. The van der Waals surface area contributed by atoms with Crippen LogP contribution in [0.25, 0.3) is 0 Å². The van der Waals surface area contributed by atoms with Gasteiger partial charge in [0.1, 0.15) is 0 Å². The van der Waals surface area contributed by atoms with Crippen LogP contribution in [0.4, 0.5) is 0 Å². The van der Waals surface area contributed by atoms with Crippen LogP contribution >= 0.6 is 0 Å². The molecular weight excluding hydrogens is 132 g/mol. The Hall–Kier alpha value is -0.120. The highest BCUT2D eigenvalue weighted by molar-refractivity contribution is 4.81. The molecule has 2 saturated heterocycles. The summed E-state index contributed by atoms with van der Waals surface area (Å²) in [5.74, 6) is 0. The average Bonchev–Trinajstić information content (AvgIpc) is 2.27. The van der Waals surface area contributed by atoms with Gasteiger partial charge in [0.25, 0.3) is 0 Å². The first-order valence-corrected chi connectivity index (χ1v) is 3.81. The lowest BCUT2D eigenvalue weighted by atomic mass is 10.1. The van der Waals surface area contributed by atoms with Gasteiger partial charge in [-0.2, -0.15) is 0 Å². The van der Waals surface area contributed by atoms with E-state index in [4.69, 9.17) is 14.6 Å². The van der Waals surface area contributed by atoms with E-state index in [2.05, 4.69) is 0 Å². The van der Waals surface area contributed by atoms with E-state index < -0.39 is 6.29 Å². The van der Waals surface area contributed by atoms with E-state index >= 15 is 0 Å². The molecule has 2 aliphatic heterocycles. The van der Waals surface area contributed by atoms with Gasteiger partial charge in [-0.05, 0) is 12.8 Å². The maximum atomic E-state index is 9.06. The average molecular weight is 144 g/mol. The van der Waals surface area contributed by atoms with Gasteiger partial charge >= 0.3 is 0 Å². The van der Waals surface area contributed by atoms with E-state index in [9.17, 15) is 0 Å². The summed E-state index contributed by atoms with van der Waals surface area (Å²) in [5.41, 5.74) is 0. The van der Waals surface area contributed by atoms with Gasteiger partial charge in [-0.25, -0.2) is 0 Å². The van der Waals surface area contributed by atoms with Gasteiger partial charge in [0.15, 0.2) is 6.29 Å². The van der Waals surface area contributed by atoms with Crippen molar-refractivity contribution in [3.63, 3.8) is 0 Å². The predicted molar refractivity (Wildman–Crippen MR) is 34.5 cm³/mol. The molecule has 2 aliphatic rings. The summed E-state index contributed by atoms with van der Waals surface area (Å²) in [6, 6.07) is 0. The van der Waals surface area contributed by atoms with Crippen molar-refractivity contribution in [2.45, 2.75) is 37.8 Å². The molecule has 0 aromatic heterocycles. The molecule has 2 heterocycles. The quantitative estimate of drug-likeness (QED) is 0.530. The molecule has 3 nitrogen and oxygen atoms in total. The number of aliphatic hydroxyl groups excluding tert-OH is 1. The Morgan fingerprint density at radius 2 is 2.20 bits per heavy atom. The van der Waals surface area contributed by atoms with Gasteiger partial charge in [-0.3, -0.25) is 0 Å². The largest absolute Gasteiger partial charge is 0.375 e. The summed E-state index contributed by atoms with van der Waals surface area (Å²) >= 11 is 0. The normalized spacial score (nSPS) is 47.1. The van der Waals surface area contributed by atoms with Gasteiger partial charge in [0, 0.05) is 13.0 Å². The van der Waals surface area contributed by atoms with Gasteiger partial charge in [0.05, 0.1) is 12.2 Å². The van der Waals surface area contributed by atoms with E-state index in [0.29, 0.717) is 6.42 Å². The maximum absolute atomic E-state index is 9.06. The molecule has 1 N–H and O–H groups in total. The van der Waals surface area contributed by atoms with Gasteiger partial charge in [-0.1, -0.05) is 0 Å². The molecule has 2 rings (SSSR count). The molecular formula is C7H12O3. The number of hydrogen-bond acceptors (Lipinski definition) is 3. The van der Waals surface area contributed by atoms with Crippen molar-refractivity contribution in [2.75, 3.05) is 6.61 Å². The molecule has 0 radical (unpaired) electrons. The summed E-state index contributed by atoms with van der Waals surface area (Å²) in [6.45, 7) is 0.831. The van der Waals surface area contributed by atoms with E-state index in [-0.39, 0.29) is 12.2 Å². The minimum absolute atomic E-state index is 0.170. The zero-order valence-electron chi connectivity index (χ0n) is 5.82. The first kappa shape index (κ1) is 6.58. The predicted octanol–water partition coefficient (Wildman–Crippen LogP) is 0.273. The SMILES string of the molecule is OC1CC2OCCCC2O1. The van der Waals surface area contributed by atoms with Crippen LogP contribution in [0.3, 0.4) is 0 Å². The topological polar surface area (TPSA) is 38.7 Å². The van der Waals surface area contributed by atoms with E-state index in [1.165, 1.54) is 0 Å². The molecule has 10 heavy (non-hydrogen) atoms. The minimum atomic E-state index is -0.576. The molecule has 0 spiro atoms. The third-order valence-corrected chi connectivity index (χ3v) is 2.15. The Labute approximate surface area is 59.9 Å². The van der Waals surface area contributed by atoms with Gasteiger partial charge < -0.3 is 14.6 Å². The molecule has 3 atom stereocenters. The van der Waals surface area contributed by atoms with Crippen molar-refractivity contribution in [2.24, 2.45) is 0 Å². The Balaban J connectivity index is 1.97. The summed E-state index contributed by atoms with van der Waals surface area (Å²) < 4.78 is 10.6. The molecule has 2 fully saturated rings. The van der Waals surface area contributed by atoms with Crippen molar-refractivity contribution in [3.8, 4) is 0 Å². The third-order valence-electron chi connectivity index (χ3n) is 2.15. The fraction of sp³-hybridized carbons (Fsp3) is 1.00. The Bertz CT molecular complexity index is 112. The molecule has 0 saturated carbocycles. The third kappa shape index (κ3) is 1.05. The lowest BCUT2D eigenvalue weighted by molar-refractivity contribution is -0.111. The second-order valence-electron chi connectivity index (χ2n) is 2.92. The maximum Gasteiger partial charge on any atom is 0.157 e. The second-order valence-corrected chi connectivity index (χ2v) is 2.92. The van der Waals surface area contributed by atoms with E-state index in [1.54, 1.807) is 0 Å². The van der Waals surface area contributed by atoms with Crippen LogP contribution < -0.4 is 0 Å². The van der Waals surface area contributed by atoms with Crippen molar-refractivity contribution >= 4 is 0 Å². The van der Waals surface area contributed by atoms with Crippen LogP contribution in [-0.2, 0) is 9.47 Å². The Kier molecular flexibility index (Phi) is 1.64. The highest BCUT2D eigenvalue weighted by atomic mass is 16.6. The standard InChI is InChI=1S/C7H12O3/c8-7-4-6-5(10-7)2-1-3-9-6/h5-8H,1-4H2. The highest BCUT2D eigenvalue weighted by Crippen LogP contribution is 2.28. The molecule has 0 bridgehead atoms. The lowest BCUT2D eigenvalue weighted by Gasteiger charge is -2.23. The van der Waals surface area contributed by atoms with E-state index in [1.807, 2.05) is 0 Å². The van der Waals surface area contributed by atoms with Crippen LogP contribution in [0.1, 0.15) is 19.3 Å². The number of ether oxygens (including phenoxy) is 2. The number of rotatable bonds is 0. The van der Waals surface area contributed by atoms with Crippen molar-refractivity contribution in [3.05, 3.63) is 0 Å². The summed E-state index contributed by atoms with van der Waals surface area (Å²) in [5, 5.41) is 9.06. The van der Waals surface area contributed by atoms with Crippen LogP contribution in [0.2, 0.25) is 0 Å². The van der Waals surface area contributed by atoms with Crippen LogP contribution in [-0.4, -0.2) is 30.2 Å². The summed E-state index contributed by atoms with van der Waals surface area (Å²) in [7, 11) is 0. The van der Waals surface area contributed by atoms with Gasteiger partial charge in [-0.15, -0.1) is 0 Å². The lowest BCUT2D eigenvalue weighted by Crippen LogP contribution is -2.29. The van der Waals surface area contributed by atoms with Gasteiger partial charge in [0.2, 0.25) is 0 Å². The highest BCUT2D eigenvalue weighted by Gasteiger charge is 2.36. The van der Waals surface area contributed by atoms with Crippen molar-refractivity contribution in [1.29, 1.82) is 0 Å². The van der Waals surface area contributed by atoms with Crippen LogP contribution in [0.15, 0.2) is 0 Å². The summed E-state index contributed by atoms with van der Waals surface area (Å²) in [6.07, 6.45) is 2.53. The Morgan fingerprint density at radius 1 is 1.30 bits per heavy atom. The first-order chi connectivity index (χ1) is 4.86. The van der Waals surface area contributed by atoms with Crippen LogP contribution in [0, 0.1) is 0 Å². The minimum Gasteiger partial charge on any atom is -0.375 e. The molecule has 3 heteroatoms. The number of hydrogen-bond donors (Lipinski definition) is 1. The van der Waals surface area contributed by atoms with Crippen LogP contribution in [0.5, 0.6) is 0 Å². The molecule has 58 valence electrons. The molecule has 0 amide bonds. The fourth-order valence-electron chi connectivity index (χ4n) is 1.64. The van der Waals surface area contributed by atoms with Crippen molar-refractivity contribution in [1.82, 2.24) is 0 Å². The Morgan fingerprint density at radius 3 is 3.00 bits per heavy atom. The smallest absolute Gasteiger partial charge is 0.157 e. The zero-order valence-corrected chi connectivity index (χ0v) is 5.82. The second kappa shape index (κ2) is 2.49. The monoisotopic (exact) mass is 144 g/mol. The molecule has 0 aromatic carbocycles. The number of aliphatic hydroxyl groups is 1. The molecule has 3 unspecified atom stereocenters.